The molecule has 3 aromatic rings. The van der Waals surface area contributed by atoms with Crippen molar-refractivity contribution in [3.05, 3.63) is 82.9 Å². The number of esters is 1. The number of benzene rings is 2. The highest BCUT2D eigenvalue weighted by atomic mass is 19.4. The molecule has 0 bridgehead atoms. The number of aromatic nitrogens is 2. The first-order valence-corrected chi connectivity index (χ1v) is 10.7. The van der Waals surface area contributed by atoms with E-state index in [1.165, 1.54) is 6.07 Å². The van der Waals surface area contributed by atoms with Crippen LogP contribution < -0.4 is 4.74 Å². The van der Waals surface area contributed by atoms with Crippen LogP contribution in [-0.4, -0.2) is 22.1 Å². The van der Waals surface area contributed by atoms with Gasteiger partial charge in [0.15, 0.2) is 5.82 Å². The van der Waals surface area contributed by atoms with Crippen LogP contribution in [0.2, 0.25) is 0 Å². The number of carbonyl (C=O) groups is 1. The molecule has 1 aromatic heterocycles. The van der Waals surface area contributed by atoms with Gasteiger partial charge in [-0.2, -0.15) is 13.2 Å². The molecule has 0 aliphatic heterocycles. The molecule has 184 valence electrons. The van der Waals surface area contributed by atoms with Crippen molar-refractivity contribution in [2.24, 2.45) is 0 Å². The lowest BCUT2D eigenvalue weighted by Crippen LogP contribution is -2.11. The number of allylic oxidation sites excluding steroid dienone is 1. The lowest BCUT2D eigenvalue weighted by molar-refractivity contribution is -0.0790. The standard InChI is InChI=1S/C25H20F6N2O2/c1-2-3-4-5-15-13-32-23(33-14-15)16-6-7-19(20(26)10-16)24(34)35-17-11-21(27)18(22(28)12-17)8-9-25(29,30)31/h6-14H,2-5H2,1H3/b9-8+. The molecule has 35 heavy (non-hydrogen) atoms. The van der Waals surface area contributed by atoms with Gasteiger partial charge in [0.1, 0.15) is 23.2 Å². The van der Waals surface area contributed by atoms with Crippen LogP contribution in [0.4, 0.5) is 26.3 Å². The Morgan fingerprint density at radius 3 is 2.20 bits per heavy atom. The maximum Gasteiger partial charge on any atom is 0.409 e. The van der Waals surface area contributed by atoms with Crippen molar-refractivity contribution in [3.8, 4) is 17.1 Å². The summed E-state index contributed by atoms with van der Waals surface area (Å²) in [7, 11) is 0. The van der Waals surface area contributed by atoms with Gasteiger partial charge in [0.2, 0.25) is 0 Å². The maximum absolute atomic E-state index is 14.6. The number of aryl methyl sites for hydroxylation is 1. The maximum atomic E-state index is 14.6. The third kappa shape index (κ3) is 7.14. The number of unbranched alkanes of at least 4 members (excludes halogenated alkanes) is 2. The van der Waals surface area contributed by atoms with Gasteiger partial charge in [-0.3, -0.25) is 0 Å². The van der Waals surface area contributed by atoms with Crippen LogP contribution in [-0.2, 0) is 6.42 Å². The monoisotopic (exact) mass is 494 g/mol. The Bertz CT molecular complexity index is 1200. The number of halogens is 6. The number of carbonyl (C=O) groups excluding carboxylic acids is 1. The lowest BCUT2D eigenvalue weighted by Gasteiger charge is -2.09. The SMILES string of the molecule is CCCCCc1cnc(-c2ccc(C(=O)Oc3cc(F)c(/C=C/C(F)(F)F)c(F)c3)c(F)c2)nc1. The molecule has 0 radical (unpaired) electrons. The molecule has 0 spiro atoms. The predicted molar refractivity (Wildman–Crippen MR) is 117 cm³/mol. The molecule has 2 aromatic carbocycles. The molecule has 0 aliphatic carbocycles. The smallest absolute Gasteiger partial charge is 0.409 e. The zero-order chi connectivity index (χ0) is 25.6. The van der Waals surface area contributed by atoms with Gasteiger partial charge in [-0.1, -0.05) is 25.8 Å². The summed E-state index contributed by atoms with van der Waals surface area (Å²) in [6, 6.07) is 4.57. The van der Waals surface area contributed by atoms with Crippen molar-refractivity contribution in [1.82, 2.24) is 9.97 Å². The van der Waals surface area contributed by atoms with Crippen LogP contribution in [0, 0.1) is 17.5 Å². The molecule has 0 aliphatic rings. The fourth-order valence-electron chi connectivity index (χ4n) is 3.15. The van der Waals surface area contributed by atoms with Gasteiger partial charge in [-0.15, -0.1) is 0 Å². The normalized spacial score (nSPS) is 11.7. The van der Waals surface area contributed by atoms with Crippen molar-refractivity contribution in [1.29, 1.82) is 0 Å². The van der Waals surface area contributed by atoms with Gasteiger partial charge in [0.05, 0.1) is 5.56 Å². The van der Waals surface area contributed by atoms with Gasteiger partial charge in [0.25, 0.3) is 0 Å². The second-order valence-electron chi connectivity index (χ2n) is 7.63. The molecule has 10 heteroatoms. The van der Waals surface area contributed by atoms with Crippen molar-refractivity contribution >= 4 is 12.0 Å². The van der Waals surface area contributed by atoms with Gasteiger partial charge < -0.3 is 4.74 Å². The Hall–Kier alpha value is -3.69. The van der Waals surface area contributed by atoms with Crippen molar-refractivity contribution in [3.63, 3.8) is 0 Å². The molecule has 0 saturated heterocycles. The topological polar surface area (TPSA) is 52.1 Å². The molecule has 0 N–H and O–H groups in total. The highest BCUT2D eigenvalue weighted by Gasteiger charge is 2.23. The molecular weight excluding hydrogens is 474 g/mol. The number of ether oxygens (including phenoxy) is 1. The number of nitrogens with zero attached hydrogens (tertiary/aromatic N) is 2. The average Bonchev–Trinajstić information content (AvgIpc) is 2.78. The molecule has 3 rings (SSSR count). The van der Waals surface area contributed by atoms with E-state index in [4.69, 9.17) is 4.74 Å². The second-order valence-corrected chi connectivity index (χ2v) is 7.63. The minimum Gasteiger partial charge on any atom is -0.423 e. The Morgan fingerprint density at radius 2 is 1.63 bits per heavy atom. The fourth-order valence-corrected chi connectivity index (χ4v) is 3.15. The molecule has 4 nitrogen and oxygen atoms in total. The first-order valence-electron chi connectivity index (χ1n) is 10.7. The fraction of sp³-hybridized carbons (Fsp3) is 0.240. The summed E-state index contributed by atoms with van der Waals surface area (Å²) in [6.45, 7) is 2.10. The third-order valence-corrected chi connectivity index (χ3v) is 4.92. The zero-order valence-corrected chi connectivity index (χ0v) is 18.5. The Morgan fingerprint density at radius 1 is 0.971 bits per heavy atom. The molecule has 0 atom stereocenters. The van der Waals surface area contributed by atoms with E-state index in [0.717, 1.165) is 43.4 Å². The largest absolute Gasteiger partial charge is 0.423 e. The highest BCUT2D eigenvalue weighted by Crippen LogP contribution is 2.26. The summed E-state index contributed by atoms with van der Waals surface area (Å²) in [5.74, 6) is -5.40. The van der Waals surface area contributed by atoms with E-state index in [1.807, 2.05) is 0 Å². The van der Waals surface area contributed by atoms with Crippen LogP contribution in [0.25, 0.3) is 17.5 Å². The second kappa shape index (κ2) is 11.2. The molecule has 1 heterocycles. The van der Waals surface area contributed by atoms with Crippen LogP contribution in [0.5, 0.6) is 5.75 Å². The van der Waals surface area contributed by atoms with E-state index >= 15 is 0 Å². The van der Waals surface area contributed by atoms with Crippen LogP contribution in [0.1, 0.15) is 47.7 Å². The first kappa shape index (κ1) is 25.9. The zero-order valence-electron chi connectivity index (χ0n) is 18.5. The van der Waals surface area contributed by atoms with Crippen LogP contribution in [0.15, 0.2) is 48.8 Å². The molecule has 0 unspecified atom stereocenters. The van der Waals surface area contributed by atoms with Crippen molar-refractivity contribution in [2.75, 3.05) is 0 Å². The number of alkyl halides is 3. The van der Waals surface area contributed by atoms with Crippen LogP contribution >= 0.6 is 0 Å². The minimum atomic E-state index is -4.77. The quantitative estimate of drug-likeness (QED) is 0.145. The average molecular weight is 494 g/mol. The molecule has 0 amide bonds. The van der Waals surface area contributed by atoms with Crippen molar-refractivity contribution < 1.29 is 35.9 Å². The minimum absolute atomic E-state index is 0.217. The van der Waals surface area contributed by atoms with E-state index in [1.54, 1.807) is 12.4 Å². The van der Waals surface area contributed by atoms with Gasteiger partial charge in [-0.25, -0.2) is 27.9 Å². The van der Waals surface area contributed by atoms with E-state index in [-0.39, 0.29) is 18.0 Å². The number of rotatable bonds is 8. The summed E-state index contributed by atoms with van der Waals surface area (Å²) >= 11 is 0. The number of hydrogen-bond acceptors (Lipinski definition) is 4. The van der Waals surface area contributed by atoms with E-state index in [0.29, 0.717) is 17.7 Å². The third-order valence-electron chi connectivity index (χ3n) is 4.92. The van der Waals surface area contributed by atoms with Gasteiger partial charge in [0, 0.05) is 41.7 Å². The number of hydrogen-bond donors (Lipinski definition) is 0. The summed E-state index contributed by atoms with van der Waals surface area (Å²) in [5.41, 5.74) is -0.236. The summed E-state index contributed by atoms with van der Waals surface area (Å²) in [6.07, 6.45) is 2.41. The van der Waals surface area contributed by atoms with E-state index in [2.05, 4.69) is 16.9 Å². The Kier molecular flexibility index (Phi) is 8.26. The first-order chi connectivity index (χ1) is 16.6. The Balaban J connectivity index is 1.73. The lowest BCUT2D eigenvalue weighted by atomic mass is 10.1. The van der Waals surface area contributed by atoms with Crippen LogP contribution in [0.3, 0.4) is 0 Å². The molecular formula is C25H20F6N2O2. The summed E-state index contributed by atoms with van der Waals surface area (Å²) < 4.78 is 84.2. The highest BCUT2D eigenvalue weighted by molar-refractivity contribution is 5.92. The Labute approximate surface area is 197 Å². The van der Waals surface area contributed by atoms with Gasteiger partial charge >= 0.3 is 12.1 Å². The van der Waals surface area contributed by atoms with E-state index < -0.39 is 46.5 Å². The van der Waals surface area contributed by atoms with E-state index in [9.17, 15) is 31.1 Å². The predicted octanol–water partition coefficient (Wildman–Crippen LogP) is 7.09. The summed E-state index contributed by atoms with van der Waals surface area (Å²) in [5, 5.41) is 0. The summed E-state index contributed by atoms with van der Waals surface area (Å²) in [4.78, 5) is 20.7. The molecule has 0 fully saturated rings. The molecule has 0 saturated carbocycles. The van der Waals surface area contributed by atoms with Crippen molar-refractivity contribution in [2.45, 2.75) is 38.8 Å². The van der Waals surface area contributed by atoms with Gasteiger partial charge in [-0.05, 0) is 36.6 Å².